The number of rotatable bonds is 4. The first-order chi connectivity index (χ1) is 11.2. The normalized spacial score (nSPS) is 17.5. The van der Waals surface area contributed by atoms with Crippen molar-refractivity contribution in [3.8, 4) is 0 Å². The molecule has 4 heteroatoms. The van der Waals surface area contributed by atoms with Crippen LogP contribution >= 0.6 is 0 Å². The largest absolute Gasteiger partial charge is 0.378 e. The number of carbonyl (C=O) groups excluding carboxylic acids is 1. The smallest absolute Gasteiger partial charge is 0.272 e. The number of benzene rings is 1. The van der Waals surface area contributed by atoms with Crippen LogP contribution in [0.4, 0.5) is 0 Å². The Kier molecular flexibility index (Phi) is 4.72. The Morgan fingerprint density at radius 3 is 2.87 bits per heavy atom. The number of aryl methyl sites for hydroxylation is 1. The van der Waals surface area contributed by atoms with Crippen molar-refractivity contribution in [3.05, 3.63) is 65.0 Å². The second-order valence-corrected chi connectivity index (χ2v) is 5.96. The molecule has 1 saturated heterocycles. The van der Waals surface area contributed by atoms with Gasteiger partial charge in [-0.05, 0) is 43.0 Å². The Balaban J connectivity index is 1.86. The van der Waals surface area contributed by atoms with Crippen LogP contribution in [0, 0.1) is 6.92 Å². The van der Waals surface area contributed by atoms with Crippen molar-refractivity contribution < 1.29 is 9.53 Å². The number of likely N-dealkylation sites (tertiary alicyclic amines) is 1. The lowest BCUT2D eigenvalue weighted by atomic mass is 9.99. The van der Waals surface area contributed by atoms with Crippen LogP contribution in [0.1, 0.15) is 46.2 Å². The van der Waals surface area contributed by atoms with Gasteiger partial charge in [-0.2, -0.15) is 0 Å². The highest BCUT2D eigenvalue weighted by Crippen LogP contribution is 2.34. The van der Waals surface area contributed by atoms with E-state index >= 15 is 0 Å². The zero-order valence-electron chi connectivity index (χ0n) is 13.7. The summed E-state index contributed by atoms with van der Waals surface area (Å²) in [5.74, 6) is 0.00806. The molecular weight excluding hydrogens is 288 g/mol. The fraction of sp³-hybridized carbons (Fsp3) is 0.368. The molecule has 4 nitrogen and oxygen atoms in total. The number of nitrogens with zero attached hydrogens (tertiary/aromatic N) is 2. The molecular formula is C19H22N2O2. The van der Waals surface area contributed by atoms with Gasteiger partial charge in [-0.15, -0.1) is 0 Å². The number of aromatic nitrogens is 1. The summed E-state index contributed by atoms with van der Waals surface area (Å²) >= 11 is 0. The molecule has 0 saturated carbocycles. The van der Waals surface area contributed by atoms with E-state index in [4.69, 9.17) is 4.74 Å². The van der Waals surface area contributed by atoms with Gasteiger partial charge in [-0.1, -0.05) is 30.3 Å². The maximum Gasteiger partial charge on any atom is 0.272 e. The third-order valence-electron chi connectivity index (χ3n) is 4.38. The molecule has 1 fully saturated rings. The van der Waals surface area contributed by atoms with E-state index < -0.39 is 0 Å². The molecule has 2 heterocycles. The highest BCUT2D eigenvalue weighted by molar-refractivity contribution is 5.92. The van der Waals surface area contributed by atoms with Gasteiger partial charge in [0.2, 0.25) is 0 Å². The van der Waals surface area contributed by atoms with E-state index in [-0.39, 0.29) is 11.9 Å². The average molecular weight is 310 g/mol. The molecule has 1 atom stereocenters. The Morgan fingerprint density at radius 1 is 1.26 bits per heavy atom. The van der Waals surface area contributed by atoms with E-state index in [2.05, 4.69) is 24.0 Å². The molecule has 0 aliphatic carbocycles. The molecule has 1 amide bonds. The van der Waals surface area contributed by atoms with Gasteiger partial charge in [0.05, 0.1) is 18.3 Å². The van der Waals surface area contributed by atoms with Crippen LogP contribution < -0.4 is 0 Å². The highest BCUT2D eigenvalue weighted by atomic mass is 16.5. The van der Waals surface area contributed by atoms with Crippen molar-refractivity contribution in [2.45, 2.75) is 32.4 Å². The van der Waals surface area contributed by atoms with Gasteiger partial charge in [-0.25, -0.2) is 4.98 Å². The van der Waals surface area contributed by atoms with Crippen LogP contribution in [0.25, 0.3) is 0 Å². The van der Waals surface area contributed by atoms with Crippen LogP contribution in [-0.4, -0.2) is 29.4 Å². The maximum absolute atomic E-state index is 12.9. The predicted octanol–water partition coefficient (Wildman–Crippen LogP) is 3.51. The third kappa shape index (κ3) is 3.27. The van der Waals surface area contributed by atoms with Crippen LogP contribution in [0.3, 0.4) is 0 Å². The van der Waals surface area contributed by atoms with Gasteiger partial charge >= 0.3 is 0 Å². The third-order valence-corrected chi connectivity index (χ3v) is 4.38. The van der Waals surface area contributed by atoms with E-state index in [1.807, 2.05) is 29.2 Å². The first-order valence-electron chi connectivity index (χ1n) is 8.02. The number of methoxy groups -OCH3 is 1. The zero-order chi connectivity index (χ0) is 16.2. The average Bonchev–Trinajstić information content (AvgIpc) is 3.04. The molecule has 1 aromatic carbocycles. The van der Waals surface area contributed by atoms with Gasteiger partial charge in [0.1, 0.15) is 5.69 Å². The summed E-state index contributed by atoms with van der Waals surface area (Å²) in [4.78, 5) is 19.3. The number of amides is 1. The minimum Gasteiger partial charge on any atom is -0.378 e. The minimum atomic E-state index is 0.00806. The van der Waals surface area contributed by atoms with Gasteiger partial charge in [0.15, 0.2) is 0 Å². The standard InChI is InChI=1S/C19H22N2O2/c1-14-7-3-4-9-16(14)18-11-6-12-21(18)19(22)17-10-5-8-15(20-17)13-23-2/h3-5,7-10,18H,6,11-13H2,1-2H3/t18-/m1/s1. The van der Waals surface area contributed by atoms with Crippen molar-refractivity contribution >= 4 is 5.91 Å². The molecule has 0 radical (unpaired) electrons. The van der Waals surface area contributed by atoms with Gasteiger partial charge in [0.25, 0.3) is 5.91 Å². The van der Waals surface area contributed by atoms with E-state index in [9.17, 15) is 4.79 Å². The molecule has 0 bridgehead atoms. The Hall–Kier alpha value is -2.20. The molecule has 1 aromatic heterocycles. The summed E-state index contributed by atoms with van der Waals surface area (Å²) in [6.07, 6.45) is 2.04. The lowest BCUT2D eigenvalue weighted by molar-refractivity contribution is 0.0728. The van der Waals surface area contributed by atoms with Crippen molar-refractivity contribution in [2.24, 2.45) is 0 Å². The first-order valence-corrected chi connectivity index (χ1v) is 8.02. The monoisotopic (exact) mass is 310 g/mol. The molecule has 0 unspecified atom stereocenters. The first kappa shape index (κ1) is 15.7. The van der Waals surface area contributed by atoms with E-state index in [1.165, 1.54) is 11.1 Å². The van der Waals surface area contributed by atoms with E-state index in [0.717, 1.165) is 25.1 Å². The van der Waals surface area contributed by atoms with E-state index in [0.29, 0.717) is 12.3 Å². The van der Waals surface area contributed by atoms with Crippen LogP contribution in [0.15, 0.2) is 42.5 Å². The maximum atomic E-state index is 12.9. The van der Waals surface area contributed by atoms with Crippen molar-refractivity contribution in [2.75, 3.05) is 13.7 Å². The number of carbonyl (C=O) groups is 1. The Morgan fingerprint density at radius 2 is 2.09 bits per heavy atom. The molecule has 120 valence electrons. The molecule has 3 rings (SSSR count). The predicted molar refractivity (Wildman–Crippen MR) is 89.1 cm³/mol. The molecule has 2 aromatic rings. The summed E-state index contributed by atoms with van der Waals surface area (Å²) < 4.78 is 5.11. The Labute approximate surface area is 137 Å². The number of ether oxygens (including phenoxy) is 1. The highest BCUT2D eigenvalue weighted by Gasteiger charge is 2.31. The summed E-state index contributed by atoms with van der Waals surface area (Å²) in [7, 11) is 1.63. The Bertz CT molecular complexity index is 699. The lowest BCUT2D eigenvalue weighted by Crippen LogP contribution is -2.31. The minimum absolute atomic E-state index is 0.00806. The summed E-state index contributed by atoms with van der Waals surface area (Å²) in [5, 5.41) is 0. The lowest BCUT2D eigenvalue weighted by Gasteiger charge is -2.26. The SMILES string of the molecule is COCc1cccc(C(=O)N2CCC[C@@H]2c2ccccc2C)n1. The van der Waals surface area contributed by atoms with Crippen LogP contribution in [-0.2, 0) is 11.3 Å². The van der Waals surface area contributed by atoms with Crippen LogP contribution in [0.2, 0.25) is 0 Å². The number of hydrogen-bond donors (Lipinski definition) is 0. The molecule has 1 aliphatic heterocycles. The molecule has 23 heavy (non-hydrogen) atoms. The molecule has 0 spiro atoms. The fourth-order valence-corrected chi connectivity index (χ4v) is 3.27. The molecule has 0 N–H and O–H groups in total. The second-order valence-electron chi connectivity index (χ2n) is 5.96. The second kappa shape index (κ2) is 6.92. The van der Waals surface area contributed by atoms with Crippen LogP contribution in [0.5, 0.6) is 0 Å². The summed E-state index contributed by atoms with van der Waals surface area (Å²) in [6.45, 7) is 3.31. The topological polar surface area (TPSA) is 42.4 Å². The van der Waals surface area contributed by atoms with Gasteiger partial charge in [0, 0.05) is 13.7 Å². The van der Waals surface area contributed by atoms with Crippen molar-refractivity contribution in [1.82, 2.24) is 9.88 Å². The van der Waals surface area contributed by atoms with E-state index in [1.54, 1.807) is 13.2 Å². The quantitative estimate of drug-likeness (QED) is 0.868. The number of hydrogen-bond acceptors (Lipinski definition) is 3. The summed E-state index contributed by atoms with van der Waals surface area (Å²) in [5.41, 5.74) is 3.76. The summed E-state index contributed by atoms with van der Waals surface area (Å²) in [6, 6.07) is 14.0. The number of pyridine rings is 1. The molecule has 1 aliphatic rings. The fourth-order valence-electron chi connectivity index (χ4n) is 3.27. The van der Waals surface area contributed by atoms with Gasteiger partial charge in [-0.3, -0.25) is 4.79 Å². The van der Waals surface area contributed by atoms with Gasteiger partial charge < -0.3 is 9.64 Å². The zero-order valence-corrected chi connectivity index (χ0v) is 13.7. The van der Waals surface area contributed by atoms with Crippen molar-refractivity contribution in [1.29, 1.82) is 0 Å². The van der Waals surface area contributed by atoms with Crippen molar-refractivity contribution in [3.63, 3.8) is 0 Å².